The maximum atomic E-state index is 10.8. The Bertz CT molecular complexity index is 324. The predicted octanol–water partition coefficient (Wildman–Crippen LogP) is 0.442. The number of ether oxygens (including phenoxy) is 1. The molecule has 0 unspecified atom stereocenters. The summed E-state index contributed by atoms with van der Waals surface area (Å²) in [5.41, 5.74) is 2.07. The SMILES string of the molecule is CCCn1cc(OCCCC(=O)NN)cn1. The van der Waals surface area contributed by atoms with E-state index in [0.717, 1.165) is 18.7 Å². The third kappa shape index (κ3) is 4.31. The molecular weight excluding hydrogens is 208 g/mol. The highest BCUT2D eigenvalue weighted by Gasteiger charge is 2.00. The normalized spacial score (nSPS) is 10.1. The summed E-state index contributed by atoms with van der Waals surface area (Å²) in [5, 5.41) is 4.13. The molecule has 0 saturated carbocycles. The molecule has 90 valence electrons. The lowest BCUT2D eigenvalue weighted by atomic mass is 10.3. The van der Waals surface area contributed by atoms with Gasteiger partial charge in [0.1, 0.15) is 0 Å². The molecule has 1 rings (SSSR count). The van der Waals surface area contributed by atoms with Gasteiger partial charge in [0.25, 0.3) is 0 Å². The van der Waals surface area contributed by atoms with E-state index in [9.17, 15) is 4.79 Å². The van der Waals surface area contributed by atoms with Crippen molar-refractivity contribution in [3.05, 3.63) is 12.4 Å². The lowest BCUT2D eigenvalue weighted by Crippen LogP contribution is -2.29. The highest BCUT2D eigenvalue weighted by Crippen LogP contribution is 2.09. The van der Waals surface area contributed by atoms with E-state index in [1.165, 1.54) is 0 Å². The number of hydrogen-bond acceptors (Lipinski definition) is 4. The Morgan fingerprint density at radius 1 is 1.69 bits per heavy atom. The zero-order valence-corrected chi connectivity index (χ0v) is 9.48. The fourth-order valence-electron chi connectivity index (χ4n) is 1.27. The number of carbonyl (C=O) groups excluding carboxylic acids is 1. The highest BCUT2D eigenvalue weighted by atomic mass is 16.5. The van der Waals surface area contributed by atoms with Crippen LogP contribution in [0, 0.1) is 0 Å². The van der Waals surface area contributed by atoms with Crippen molar-refractivity contribution in [2.75, 3.05) is 6.61 Å². The minimum atomic E-state index is -0.176. The molecule has 0 radical (unpaired) electrons. The van der Waals surface area contributed by atoms with Gasteiger partial charge in [0.05, 0.1) is 19.0 Å². The molecule has 1 amide bonds. The van der Waals surface area contributed by atoms with Crippen molar-refractivity contribution in [1.82, 2.24) is 15.2 Å². The number of nitrogens with two attached hydrogens (primary N) is 1. The summed E-state index contributed by atoms with van der Waals surface area (Å²) in [5.74, 6) is 5.51. The number of nitrogens with zero attached hydrogens (tertiary/aromatic N) is 2. The average molecular weight is 226 g/mol. The Morgan fingerprint density at radius 2 is 2.50 bits per heavy atom. The van der Waals surface area contributed by atoms with Crippen LogP contribution >= 0.6 is 0 Å². The van der Waals surface area contributed by atoms with Gasteiger partial charge in [0, 0.05) is 13.0 Å². The van der Waals surface area contributed by atoms with Gasteiger partial charge in [0.2, 0.25) is 5.91 Å². The number of hydrogen-bond donors (Lipinski definition) is 2. The summed E-state index contributed by atoms with van der Waals surface area (Å²) in [4.78, 5) is 10.8. The van der Waals surface area contributed by atoms with Gasteiger partial charge in [-0.05, 0) is 12.8 Å². The Hall–Kier alpha value is -1.56. The van der Waals surface area contributed by atoms with E-state index in [1.807, 2.05) is 10.9 Å². The van der Waals surface area contributed by atoms with E-state index < -0.39 is 0 Å². The standard InChI is InChI=1S/C10H18N4O2/c1-2-5-14-8-9(7-12-14)16-6-3-4-10(15)13-11/h7-8H,2-6,11H2,1H3,(H,13,15). The first-order valence-electron chi connectivity index (χ1n) is 5.41. The first kappa shape index (κ1) is 12.5. The molecule has 3 N–H and O–H groups in total. The number of amides is 1. The molecule has 6 heteroatoms. The molecule has 0 saturated heterocycles. The third-order valence-electron chi connectivity index (χ3n) is 2.04. The molecular formula is C10H18N4O2. The first-order chi connectivity index (χ1) is 7.76. The van der Waals surface area contributed by atoms with E-state index in [-0.39, 0.29) is 5.91 Å². The number of carbonyl (C=O) groups is 1. The molecule has 0 aliphatic heterocycles. The van der Waals surface area contributed by atoms with Crippen LogP contribution in [-0.4, -0.2) is 22.3 Å². The zero-order chi connectivity index (χ0) is 11.8. The van der Waals surface area contributed by atoms with Gasteiger partial charge < -0.3 is 4.74 Å². The Kier molecular flexibility index (Phi) is 5.35. The zero-order valence-electron chi connectivity index (χ0n) is 9.48. The van der Waals surface area contributed by atoms with Crippen molar-refractivity contribution in [2.24, 2.45) is 5.84 Å². The molecule has 1 aromatic rings. The maximum Gasteiger partial charge on any atom is 0.234 e. The van der Waals surface area contributed by atoms with Crippen LogP contribution in [-0.2, 0) is 11.3 Å². The van der Waals surface area contributed by atoms with Crippen LogP contribution in [0.25, 0.3) is 0 Å². The van der Waals surface area contributed by atoms with Gasteiger partial charge in [-0.3, -0.25) is 14.9 Å². The van der Waals surface area contributed by atoms with E-state index in [1.54, 1.807) is 6.20 Å². The fraction of sp³-hybridized carbons (Fsp3) is 0.600. The van der Waals surface area contributed by atoms with Crippen molar-refractivity contribution < 1.29 is 9.53 Å². The number of aryl methyl sites for hydroxylation is 1. The topological polar surface area (TPSA) is 82.2 Å². The molecule has 0 aliphatic carbocycles. The molecule has 1 aromatic heterocycles. The van der Waals surface area contributed by atoms with Crippen molar-refractivity contribution in [1.29, 1.82) is 0 Å². The van der Waals surface area contributed by atoms with Gasteiger partial charge in [-0.2, -0.15) is 5.10 Å². The van der Waals surface area contributed by atoms with Gasteiger partial charge in [-0.1, -0.05) is 6.92 Å². The van der Waals surface area contributed by atoms with Crippen LogP contribution in [0.15, 0.2) is 12.4 Å². The summed E-state index contributed by atoms with van der Waals surface area (Å²) >= 11 is 0. The highest BCUT2D eigenvalue weighted by molar-refractivity contribution is 5.75. The molecule has 0 spiro atoms. The van der Waals surface area contributed by atoms with Crippen LogP contribution in [0.4, 0.5) is 0 Å². The molecule has 0 atom stereocenters. The smallest absolute Gasteiger partial charge is 0.234 e. The van der Waals surface area contributed by atoms with Crippen LogP contribution in [0.2, 0.25) is 0 Å². The van der Waals surface area contributed by atoms with Crippen LogP contribution < -0.4 is 16.0 Å². The molecule has 16 heavy (non-hydrogen) atoms. The van der Waals surface area contributed by atoms with Crippen LogP contribution in [0.5, 0.6) is 5.75 Å². The molecule has 1 heterocycles. The van der Waals surface area contributed by atoms with Gasteiger partial charge >= 0.3 is 0 Å². The summed E-state index contributed by atoms with van der Waals surface area (Å²) in [7, 11) is 0. The van der Waals surface area contributed by atoms with Crippen molar-refractivity contribution in [2.45, 2.75) is 32.7 Å². The second kappa shape index (κ2) is 6.84. The Labute approximate surface area is 94.7 Å². The van der Waals surface area contributed by atoms with Crippen molar-refractivity contribution in [3.63, 3.8) is 0 Å². The van der Waals surface area contributed by atoms with Crippen LogP contribution in [0.1, 0.15) is 26.2 Å². The quantitative estimate of drug-likeness (QED) is 0.306. The maximum absolute atomic E-state index is 10.8. The summed E-state index contributed by atoms with van der Waals surface area (Å²) in [6.45, 7) is 3.47. The third-order valence-corrected chi connectivity index (χ3v) is 2.04. The summed E-state index contributed by atoms with van der Waals surface area (Å²) in [6, 6.07) is 0. The van der Waals surface area contributed by atoms with Gasteiger partial charge in [-0.25, -0.2) is 5.84 Å². The summed E-state index contributed by atoms with van der Waals surface area (Å²) in [6.07, 6.45) is 5.59. The average Bonchev–Trinajstić information content (AvgIpc) is 2.72. The van der Waals surface area contributed by atoms with Crippen molar-refractivity contribution >= 4 is 5.91 Å². The Morgan fingerprint density at radius 3 is 3.19 bits per heavy atom. The van der Waals surface area contributed by atoms with Gasteiger partial charge in [0.15, 0.2) is 5.75 Å². The minimum Gasteiger partial charge on any atom is -0.490 e. The number of rotatable bonds is 7. The molecule has 6 nitrogen and oxygen atoms in total. The monoisotopic (exact) mass is 226 g/mol. The molecule has 0 bridgehead atoms. The van der Waals surface area contributed by atoms with E-state index >= 15 is 0 Å². The number of hydrazine groups is 1. The predicted molar refractivity (Wildman–Crippen MR) is 59.6 cm³/mol. The van der Waals surface area contributed by atoms with Gasteiger partial charge in [-0.15, -0.1) is 0 Å². The fourth-order valence-corrected chi connectivity index (χ4v) is 1.27. The molecule has 0 aliphatic rings. The number of aromatic nitrogens is 2. The minimum absolute atomic E-state index is 0.176. The lowest BCUT2D eigenvalue weighted by Gasteiger charge is -2.02. The second-order valence-corrected chi connectivity index (χ2v) is 3.46. The van der Waals surface area contributed by atoms with E-state index in [0.29, 0.717) is 19.4 Å². The first-order valence-corrected chi connectivity index (χ1v) is 5.41. The summed E-state index contributed by atoms with van der Waals surface area (Å²) < 4.78 is 7.26. The molecule has 0 fully saturated rings. The number of nitrogens with one attached hydrogen (secondary N) is 1. The lowest BCUT2D eigenvalue weighted by molar-refractivity contribution is -0.121. The van der Waals surface area contributed by atoms with Crippen LogP contribution in [0.3, 0.4) is 0 Å². The second-order valence-electron chi connectivity index (χ2n) is 3.46. The van der Waals surface area contributed by atoms with E-state index in [4.69, 9.17) is 10.6 Å². The largest absolute Gasteiger partial charge is 0.490 e. The molecule has 0 aromatic carbocycles. The van der Waals surface area contributed by atoms with E-state index in [2.05, 4.69) is 17.4 Å². The Balaban J connectivity index is 2.19. The van der Waals surface area contributed by atoms with Crippen molar-refractivity contribution in [3.8, 4) is 5.75 Å².